The molecule has 0 unspecified atom stereocenters. The maximum atomic E-state index is 12.1. The Balaban J connectivity index is 0.00000243. The van der Waals surface area contributed by atoms with E-state index in [0.29, 0.717) is 30.4 Å². The van der Waals surface area contributed by atoms with Gasteiger partial charge in [-0.1, -0.05) is 0 Å². The topological polar surface area (TPSA) is 91.9 Å². The van der Waals surface area contributed by atoms with Crippen molar-refractivity contribution in [3.63, 3.8) is 0 Å². The highest BCUT2D eigenvalue weighted by molar-refractivity contribution is 6.01. The highest BCUT2D eigenvalue weighted by atomic mass is 35.5. The molecule has 1 saturated heterocycles. The van der Waals surface area contributed by atoms with Crippen LogP contribution in [-0.2, 0) is 4.79 Å². The van der Waals surface area contributed by atoms with E-state index in [0.717, 1.165) is 26.1 Å². The van der Waals surface area contributed by atoms with E-state index in [1.54, 1.807) is 18.2 Å². The maximum Gasteiger partial charge on any atom is 0.325 e. The molecular formula is C17H25ClN4O4. The summed E-state index contributed by atoms with van der Waals surface area (Å²) >= 11 is 0. The van der Waals surface area contributed by atoms with Crippen molar-refractivity contribution in [2.24, 2.45) is 0 Å². The lowest BCUT2D eigenvalue weighted by Gasteiger charge is -2.33. The normalized spacial score (nSPS) is 19.7. The lowest BCUT2D eigenvalue weighted by atomic mass is 10.2. The summed E-state index contributed by atoms with van der Waals surface area (Å²) in [6.45, 7) is 5.92. The van der Waals surface area contributed by atoms with Gasteiger partial charge in [0.05, 0.1) is 19.8 Å². The molecule has 2 heterocycles. The molecule has 0 radical (unpaired) electrons. The monoisotopic (exact) mass is 384 g/mol. The number of carbonyl (C=O) groups is 2. The van der Waals surface area contributed by atoms with Crippen molar-refractivity contribution < 1.29 is 19.1 Å². The fraction of sp³-hybridized carbons (Fsp3) is 0.529. The van der Waals surface area contributed by atoms with Crippen molar-refractivity contribution in [3.8, 4) is 11.5 Å². The molecule has 1 aromatic carbocycles. The van der Waals surface area contributed by atoms with Crippen LogP contribution in [0.3, 0.4) is 0 Å². The summed E-state index contributed by atoms with van der Waals surface area (Å²) in [6, 6.07) is 4.88. The molecular weight excluding hydrogens is 360 g/mol. The van der Waals surface area contributed by atoms with E-state index >= 15 is 0 Å². The van der Waals surface area contributed by atoms with Gasteiger partial charge in [0.15, 0.2) is 11.5 Å². The van der Waals surface area contributed by atoms with Crippen LogP contribution in [-0.4, -0.2) is 62.3 Å². The van der Waals surface area contributed by atoms with Gasteiger partial charge in [-0.2, -0.15) is 0 Å². The van der Waals surface area contributed by atoms with E-state index in [2.05, 4.69) is 22.9 Å². The van der Waals surface area contributed by atoms with Gasteiger partial charge in [0.2, 0.25) is 5.91 Å². The molecule has 3 N–H and O–H groups in total. The molecule has 0 aliphatic carbocycles. The second-order valence-corrected chi connectivity index (χ2v) is 6.24. The number of amides is 3. The summed E-state index contributed by atoms with van der Waals surface area (Å²) in [7, 11) is 0. The smallest absolute Gasteiger partial charge is 0.325 e. The Kier molecular flexibility index (Phi) is 7.50. The summed E-state index contributed by atoms with van der Waals surface area (Å²) in [4.78, 5) is 26.1. The number of nitrogens with zero attached hydrogens (tertiary/aromatic N) is 1. The zero-order valence-electron chi connectivity index (χ0n) is 14.7. The molecule has 1 fully saturated rings. The van der Waals surface area contributed by atoms with Crippen molar-refractivity contribution >= 4 is 30.0 Å². The SMILES string of the molecule is C[C@H]1CNCCN1CC(=O)NC(=O)Nc1ccc2c(c1)OCCCO2.Cl. The molecule has 3 amide bonds. The number of halogens is 1. The van der Waals surface area contributed by atoms with Crippen molar-refractivity contribution in [2.45, 2.75) is 19.4 Å². The lowest BCUT2D eigenvalue weighted by Crippen LogP contribution is -2.53. The second kappa shape index (κ2) is 9.61. The zero-order valence-corrected chi connectivity index (χ0v) is 15.6. The third kappa shape index (κ3) is 5.48. The summed E-state index contributed by atoms with van der Waals surface area (Å²) in [5, 5.41) is 8.29. The van der Waals surface area contributed by atoms with Crippen LogP contribution in [0.2, 0.25) is 0 Å². The molecule has 9 heteroatoms. The Morgan fingerprint density at radius 2 is 2.04 bits per heavy atom. The molecule has 0 spiro atoms. The van der Waals surface area contributed by atoms with Crippen LogP contribution in [0.4, 0.5) is 10.5 Å². The predicted octanol–water partition coefficient (Wildman–Crippen LogP) is 1.21. The van der Waals surface area contributed by atoms with Gasteiger partial charge in [0.1, 0.15) is 0 Å². The molecule has 26 heavy (non-hydrogen) atoms. The van der Waals surface area contributed by atoms with Gasteiger partial charge >= 0.3 is 6.03 Å². The summed E-state index contributed by atoms with van der Waals surface area (Å²) in [5.41, 5.74) is 0.546. The van der Waals surface area contributed by atoms with Crippen LogP contribution in [0.15, 0.2) is 18.2 Å². The molecule has 0 aromatic heterocycles. The molecule has 2 aliphatic heterocycles. The first-order chi connectivity index (χ1) is 12.1. The fourth-order valence-electron chi connectivity index (χ4n) is 2.87. The molecule has 8 nitrogen and oxygen atoms in total. The van der Waals surface area contributed by atoms with Crippen LogP contribution in [0.1, 0.15) is 13.3 Å². The van der Waals surface area contributed by atoms with Gasteiger partial charge < -0.3 is 20.1 Å². The first-order valence-electron chi connectivity index (χ1n) is 8.57. The van der Waals surface area contributed by atoms with Crippen LogP contribution in [0.25, 0.3) is 0 Å². The number of hydrogen-bond donors (Lipinski definition) is 3. The minimum Gasteiger partial charge on any atom is -0.490 e. The Morgan fingerprint density at radius 1 is 1.27 bits per heavy atom. The van der Waals surface area contributed by atoms with Gasteiger partial charge in [-0.05, 0) is 19.1 Å². The van der Waals surface area contributed by atoms with Crippen molar-refractivity contribution in [1.82, 2.24) is 15.5 Å². The van der Waals surface area contributed by atoms with Crippen LogP contribution in [0.5, 0.6) is 11.5 Å². The highest BCUT2D eigenvalue weighted by Crippen LogP contribution is 2.32. The summed E-state index contributed by atoms with van der Waals surface area (Å²) in [5.74, 6) is 0.934. The van der Waals surface area contributed by atoms with Crippen LogP contribution in [0, 0.1) is 0 Å². The van der Waals surface area contributed by atoms with E-state index in [1.165, 1.54) is 0 Å². The van der Waals surface area contributed by atoms with E-state index in [4.69, 9.17) is 9.47 Å². The van der Waals surface area contributed by atoms with Crippen molar-refractivity contribution in [2.75, 3.05) is 44.7 Å². The summed E-state index contributed by atoms with van der Waals surface area (Å²) < 4.78 is 11.1. The Hall–Kier alpha value is -2.03. The van der Waals surface area contributed by atoms with Gasteiger partial charge in [-0.25, -0.2) is 4.79 Å². The van der Waals surface area contributed by atoms with Gasteiger partial charge in [-0.3, -0.25) is 15.0 Å². The number of rotatable bonds is 3. The third-order valence-electron chi connectivity index (χ3n) is 4.24. The number of piperazine rings is 1. The number of hydrogen-bond acceptors (Lipinski definition) is 6. The number of benzene rings is 1. The zero-order chi connectivity index (χ0) is 17.6. The average Bonchev–Trinajstić information content (AvgIpc) is 2.81. The van der Waals surface area contributed by atoms with Gasteiger partial charge in [-0.15, -0.1) is 12.4 Å². The molecule has 144 valence electrons. The largest absolute Gasteiger partial charge is 0.490 e. The number of ether oxygens (including phenoxy) is 2. The molecule has 0 saturated carbocycles. The lowest BCUT2D eigenvalue weighted by molar-refractivity contribution is -0.121. The standard InChI is InChI=1S/C17H24N4O4.ClH/c1-12-10-18-5-6-21(12)11-16(22)20-17(23)19-13-3-4-14-15(9-13)25-8-2-7-24-14;/h3-4,9,12,18H,2,5-8,10-11H2,1H3,(H2,19,20,22,23);1H/t12-;/m0./s1. The number of imide groups is 1. The molecule has 1 atom stereocenters. The number of urea groups is 1. The molecule has 2 aliphatic rings. The van der Waals surface area contributed by atoms with E-state index < -0.39 is 6.03 Å². The minimum absolute atomic E-state index is 0. The Morgan fingerprint density at radius 3 is 2.81 bits per heavy atom. The fourth-order valence-corrected chi connectivity index (χ4v) is 2.87. The molecule has 0 bridgehead atoms. The summed E-state index contributed by atoms with van der Waals surface area (Å²) in [6.07, 6.45) is 0.816. The second-order valence-electron chi connectivity index (χ2n) is 6.24. The quantitative estimate of drug-likeness (QED) is 0.725. The predicted molar refractivity (Wildman–Crippen MR) is 100 cm³/mol. The van der Waals surface area contributed by atoms with E-state index in [1.807, 2.05) is 4.90 Å². The number of anilines is 1. The first-order valence-corrected chi connectivity index (χ1v) is 8.57. The molecule has 1 aromatic rings. The van der Waals surface area contributed by atoms with Gasteiger partial charge in [0.25, 0.3) is 0 Å². The van der Waals surface area contributed by atoms with Crippen LogP contribution < -0.4 is 25.4 Å². The number of carbonyl (C=O) groups excluding carboxylic acids is 2. The van der Waals surface area contributed by atoms with E-state index in [-0.39, 0.29) is 30.9 Å². The molecule has 3 rings (SSSR count). The van der Waals surface area contributed by atoms with Gasteiger partial charge in [0, 0.05) is 43.9 Å². The first kappa shape index (κ1) is 20.3. The number of nitrogens with one attached hydrogen (secondary N) is 3. The Bertz CT molecular complexity index is 643. The van der Waals surface area contributed by atoms with E-state index in [9.17, 15) is 9.59 Å². The van der Waals surface area contributed by atoms with Crippen molar-refractivity contribution in [1.29, 1.82) is 0 Å². The van der Waals surface area contributed by atoms with Crippen molar-refractivity contribution in [3.05, 3.63) is 18.2 Å². The minimum atomic E-state index is -0.553. The number of fused-ring (bicyclic) bond motifs is 1. The average molecular weight is 385 g/mol. The Labute approximate surface area is 159 Å². The third-order valence-corrected chi connectivity index (χ3v) is 4.24. The maximum absolute atomic E-state index is 12.1. The van der Waals surface area contributed by atoms with Crippen LogP contribution >= 0.6 is 12.4 Å². The highest BCUT2D eigenvalue weighted by Gasteiger charge is 2.21.